The second-order valence-corrected chi connectivity index (χ2v) is 1.97. The summed E-state index contributed by atoms with van der Waals surface area (Å²) in [5.74, 6) is 1.58. The van der Waals surface area contributed by atoms with E-state index in [-0.39, 0.29) is 0 Å². The van der Waals surface area contributed by atoms with Crippen LogP contribution in [0.1, 0.15) is 5.76 Å². The summed E-state index contributed by atoms with van der Waals surface area (Å²) in [6.45, 7) is 0.596. The summed E-state index contributed by atoms with van der Waals surface area (Å²) in [5, 5.41) is 6.57. The van der Waals surface area contributed by atoms with Gasteiger partial charge in [-0.3, -0.25) is 0 Å². The van der Waals surface area contributed by atoms with Gasteiger partial charge in [-0.1, -0.05) is 5.16 Å². The third-order valence-electron chi connectivity index (χ3n) is 1.21. The number of nitrogens with zero attached hydrogens (tertiary/aromatic N) is 1. The van der Waals surface area contributed by atoms with E-state index in [2.05, 4.69) is 10.5 Å². The van der Waals surface area contributed by atoms with E-state index in [0.717, 1.165) is 18.0 Å². The van der Waals surface area contributed by atoms with E-state index in [1.165, 1.54) is 0 Å². The van der Waals surface area contributed by atoms with Gasteiger partial charge in [-0.15, -0.1) is 0 Å². The van der Waals surface area contributed by atoms with Gasteiger partial charge in [0, 0.05) is 19.5 Å². The molecule has 0 fully saturated rings. The van der Waals surface area contributed by atoms with E-state index in [0.29, 0.717) is 6.54 Å². The molecule has 0 bridgehead atoms. The molecule has 10 heavy (non-hydrogen) atoms. The first-order valence-corrected chi connectivity index (χ1v) is 3.20. The van der Waals surface area contributed by atoms with Gasteiger partial charge in [0.25, 0.3) is 0 Å². The molecule has 0 radical (unpaired) electrons. The number of rotatable bonds is 3. The van der Waals surface area contributed by atoms with Crippen molar-refractivity contribution in [2.24, 2.45) is 5.73 Å². The maximum Gasteiger partial charge on any atom is 0.169 e. The van der Waals surface area contributed by atoms with Crippen LogP contribution in [0.4, 0.5) is 5.82 Å². The molecule has 56 valence electrons. The predicted octanol–water partition coefficient (Wildman–Crippen LogP) is 0.217. The van der Waals surface area contributed by atoms with Crippen LogP contribution in [0, 0.1) is 0 Å². The molecule has 1 rings (SSSR count). The highest BCUT2D eigenvalue weighted by molar-refractivity contribution is 5.32. The monoisotopic (exact) mass is 141 g/mol. The van der Waals surface area contributed by atoms with Gasteiger partial charge < -0.3 is 15.6 Å². The third kappa shape index (κ3) is 1.48. The molecule has 0 aromatic carbocycles. The minimum atomic E-state index is 0.596. The average molecular weight is 141 g/mol. The van der Waals surface area contributed by atoms with Gasteiger partial charge in [0.05, 0.1) is 0 Å². The number of aromatic nitrogens is 1. The first kappa shape index (κ1) is 7.08. The second-order valence-electron chi connectivity index (χ2n) is 1.97. The lowest BCUT2D eigenvalue weighted by molar-refractivity contribution is 0.387. The van der Waals surface area contributed by atoms with E-state index in [1.54, 1.807) is 7.05 Å². The minimum absolute atomic E-state index is 0.596. The highest BCUT2D eigenvalue weighted by atomic mass is 16.5. The number of hydrogen-bond donors (Lipinski definition) is 2. The Bertz CT molecular complexity index is 197. The fraction of sp³-hybridized carbons (Fsp3) is 0.500. The highest BCUT2D eigenvalue weighted by Gasteiger charge is 1.99. The summed E-state index contributed by atoms with van der Waals surface area (Å²) < 4.78 is 4.90. The summed E-state index contributed by atoms with van der Waals surface area (Å²) in [4.78, 5) is 0. The zero-order valence-electron chi connectivity index (χ0n) is 5.92. The van der Waals surface area contributed by atoms with E-state index < -0.39 is 0 Å². The summed E-state index contributed by atoms with van der Waals surface area (Å²) in [5.41, 5.74) is 5.30. The summed E-state index contributed by atoms with van der Waals surface area (Å²) in [6.07, 6.45) is 0.745. The van der Waals surface area contributed by atoms with Crippen LogP contribution in [0.25, 0.3) is 0 Å². The average Bonchev–Trinajstić information content (AvgIpc) is 2.37. The Balaban J connectivity index is 2.59. The molecule has 1 aromatic rings. The smallest absolute Gasteiger partial charge is 0.169 e. The molecule has 0 aliphatic heterocycles. The second kappa shape index (κ2) is 3.22. The Hall–Kier alpha value is -1.03. The normalized spacial score (nSPS) is 9.80. The SMILES string of the molecule is CNc1cc(CCN)on1. The Labute approximate surface area is 59.4 Å². The first-order chi connectivity index (χ1) is 4.86. The molecule has 4 nitrogen and oxygen atoms in total. The molecule has 3 N–H and O–H groups in total. The maximum atomic E-state index is 5.30. The number of anilines is 1. The molecule has 0 amide bonds. The van der Waals surface area contributed by atoms with Gasteiger partial charge in [0.15, 0.2) is 5.82 Å². The largest absolute Gasteiger partial charge is 0.370 e. The van der Waals surface area contributed by atoms with E-state index in [9.17, 15) is 0 Å². The van der Waals surface area contributed by atoms with Crippen LogP contribution >= 0.6 is 0 Å². The number of nitrogens with two attached hydrogens (primary N) is 1. The Morgan fingerprint density at radius 2 is 2.60 bits per heavy atom. The lowest BCUT2D eigenvalue weighted by atomic mass is 10.3. The zero-order valence-corrected chi connectivity index (χ0v) is 5.92. The molecule has 0 unspecified atom stereocenters. The van der Waals surface area contributed by atoms with Crippen molar-refractivity contribution < 1.29 is 4.52 Å². The maximum absolute atomic E-state index is 5.30. The van der Waals surface area contributed by atoms with Gasteiger partial charge >= 0.3 is 0 Å². The molecular formula is C6H11N3O. The fourth-order valence-electron chi connectivity index (χ4n) is 0.691. The van der Waals surface area contributed by atoms with Gasteiger partial charge in [-0.05, 0) is 6.54 Å². The molecule has 4 heteroatoms. The fourth-order valence-corrected chi connectivity index (χ4v) is 0.691. The van der Waals surface area contributed by atoms with Gasteiger partial charge in [0.2, 0.25) is 0 Å². The quantitative estimate of drug-likeness (QED) is 0.632. The van der Waals surface area contributed by atoms with Crippen LogP contribution in [0.3, 0.4) is 0 Å². The molecule has 1 heterocycles. The number of hydrogen-bond acceptors (Lipinski definition) is 4. The van der Waals surface area contributed by atoms with E-state index in [4.69, 9.17) is 10.3 Å². The molecule has 0 atom stereocenters. The highest BCUT2D eigenvalue weighted by Crippen LogP contribution is 2.06. The van der Waals surface area contributed by atoms with Crippen LogP contribution in [-0.4, -0.2) is 18.7 Å². The Morgan fingerprint density at radius 3 is 3.10 bits per heavy atom. The first-order valence-electron chi connectivity index (χ1n) is 3.20. The molecule has 0 saturated carbocycles. The predicted molar refractivity (Wildman–Crippen MR) is 38.8 cm³/mol. The lowest BCUT2D eigenvalue weighted by Crippen LogP contribution is -2.01. The van der Waals surface area contributed by atoms with Crippen molar-refractivity contribution in [3.63, 3.8) is 0 Å². The summed E-state index contributed by atoms with van der Waals surface area (Å²) in [7, 11) is 1.80. The summed E-state index contributed by atoms with van der Waals surface area (Å²) in [6, 6.07) is 1.84. The minimum Gasteiger partial charge on any atom is -0.370 e. The Kier molecular flexibility index (Phi) is 2.28. The van der Waals surface area contributed by atoms with E-state index >= 15 is 0 Å². The lowest BCUT2D eigenvalue weighted by Gasteiger charge is -1.85. The Morgan fingerprint density at radius 1 is 1.80 bits per heavy atom. The standard InChI is InChI=1S/C6H11N3O/c1-8-6-4-5(2-3-7)10-9-6/h4H,2-3,7H2,1H3,(H,8,9). The number of nitrogens with one attached hydrogen (secondary N) is 1. The van der Waals surface area contributed by atoms with Crippen LogP contribution in [0.15, 0.2) is 10.6 Å². The van der Waals surface area contributed by atoms with Crippen molar-refractivity contribution in [2.45, 2.75) is 6.42 Å². The van der Waals surface area contributed by atoms with E-state index in [1.807, 2.05) is 6.07 Å². The van der Waals surface area contributed by atoms with Crippen molar-refractivity contribution in [3.8, 4) is 0 Å². The molecule has 0 aliphatic carbocycles. The van der Waals surface area contributed by atoms with Crippen molar-refractivity contribution in [3.05, 3.63) is 11.8 Å². The van der Waals surface area contributed by atoms with Crippen molar-refractivity contribution in [2.75, 3.05) is 18.9 Å². The van der Waals surface area contributed by atoms with Crippen molar-refractivity contribution >= 4 is 5.82 Å². The summed E-state index contributed by atoms with van der Waals surface area (Å²) >= 11 is 0. The zero-order chi connectivity index (χ0) is 7.40. The van der Waals surface area contributed by atoms with Crippen molar-refractivity contribution in [1.82, 2.24) is 5.16 Å². The van der Waals surface area contributed by atoms with Crippen LogP contribution in [0.5, 0.6) is 0 Å². The van der Waals surface area contributed by atoms with Gasteiger partial charge in [-0.2, -0.15) is 0 Å². The topological polar surface area (TPSA) is 64.1 Å². The molecule has 1 aromatic heterocycles. The van der Waals surface area contributed by atoms with Crippen LogP contribution in [0.2, 0.25) is 0 Å². The van der Waals surface area contributed by atoms with Gasteiger partial charge in [0.1, 0.15) is 5.76 Å². The van der Waals surface area contributed by atoms with Crippen molar-refractivity contribution in [1.29, 1.82) is 0 Å². The third-order valence-corrected chi connectivity index (χ3v) is 1.21. The van der Waals surface area contributed by atoms with Gasteiger partial charge in [-0.25, -0.2) is 0 Å². The molecule has 0 saturated heterocycles. The molecular weight excluding hydrogens is 130 g/mol. The molecule has 0 aliphatic rings. The van der Waals surface area contributed by atoms with Crippen LogP contribution in [-0.2, 0) is 6.42 Å². The van der Waals surface area contributed by atoms with Crippen LogP contribution < -0.4 is 11.1 Å². The molecule has 0 spiro atoms.